The normalized spacial score (nSPS) is 13.5. The van der Waals surface area contributed by atoms with Gasteiger partial charge in [0.05, 0.1) is 18.4 Å². The first-order valence-electron chi connectivity index (χ1n) is 10.7. The van der Waals surface area contributed by atoms with Crippen LogP contribution in [-0.4, -0.2) is 33.0 Å². The monoisotopic (exact) mass is 441 g/mol. The highest BCUT2D eigenvalue weighted by Gasteiger charge is 2.41. The molecule has 6 heteroatoms. The predicted octanol–water partition coefficient (Wildman–Crippen LogP) is 4.77. The van der Waals surface area contributed by atoms with Crippen molar-refractivity contribution >= 4 is 34.4 Å². The number of hydrogen-bond acceptors (Lipinski definition) is 5. The Morgan fingerprint density at radius 1 is 0.879 bits per heavy atom. The average Bonchev–Trinajstić information content (AvgIpc) is 3.03. The molecule has 1 aliphatic rings. The number of ether oxygens (including phenoxy) is 1. The molecule has 1 aliphatic heterocycles. The molecule has 0 radical (unpaired) electrons. The molecular weight excluding hydrogens is 414 g/mol. The SMILES string of the molecule is COc1ccccc1C1=C(Nc2ccc(N(C)C)cc2)C(=O)N(c2ccc(C)cc2C)C1=O. The molecule has 1 N–H and O–H groups in total. The molecular formula is C27H27N3O3. The Labute approximate surface area is 194 Å². The number of benzene rings is 3. The van der Waals surface area contributed by atoms with Crippen molar-refractivity contribution in [1.29, 1.82) is 0 Å². The van der Waals surface area contributed by atoms with E-state index < -0.39 is 5.91 Å². The Morgan fingerprint density at radius 3 is 2.21 bits per heavy atom. The van der Waals surface area contributed by atoms with Gasteiger partial charge in [-0.05, 0) is 55.8 Å². The molecule has 0 aliphatic carbocycles. The van der Waals surface area contributed by atoms with Crippen molar-refractivity contribution in [2.75, 3.05) is 36.3 Å². The fourth-order valence-electron chi connectivity index (χ4n) is 4.01. The highest BCUT2D eigenvalue weighted by molar-refractivity contribution is 6.46. The van der Waals surface area contributed by atoms with E-state index in [9.17, 15) is 9.59 Å². The highest BCUT2D eigenvalue weighted by atomic mass is 16.5. The van der Waals surface area contributed by atoms with Crippen LogP contribution in [0.3, 0.4) is 0 Å². The van der Waals surface area contributed by atoms with Crippen LogP contribution in [0.5, 0.6) is 5.75 Å². The Balaban J connectivity index is 1.84. The van der Waals surface area contributed by atoms with Crippen LogP contribution >= 0.6 is 0 Å². The fourth-order valence-corrected chi connectivity index (χ4v) is 4.01. The van der Waals surface area contributed by atoms with Crippen LogP contribution < -0.4 is 19.9 Å². The number of rotatable bonds is 6. The Hall–Kier alpha value is -4.06. The van der Waals surface area contributed by atoms with Crippen LogP contribution in [-0.2, 0) is 9.59 Å². The van der Waals surface area contributed by atoms with Gasteiger partial charge in [0.1, 0.15) is 11.4 Å². The zero-order valence-electron chi connectivity index (χ0n) is 19.5. The van der Waals surface area contributed by atoms with E-state index in [0.717, 1.165) is 16.8 Å². The average molecular weight is 442 g/mol. The van der Waals surface area contributed by atoms with Crippen molar-refractivity contribution < 1.29 is 14.3 Å². The van der Waals surface area contributed by atoms with E-state index in [1.165, 1.54) is 4.90 Å². The number of nitrogens with zero attached hydrogens (tertiary/aromatic N) is 2. The molecule has 6 nitrogen and oxygen atoms in total. The van der Waals surface area contributed by atoms with E-state index in [1.54, 1.807) is 19.2 Å². The van der Waals surface area contributed by atoms with Gasteiger partial charge in [-0.2, -0.15) is 0 Å². The van der Waals surface area contributed by atoms with Gasteiger partial charge in [0.25, 0.3) is 11.8 Å². The molecule has 3 aromatic rings. The molecule has 168 valence electrons. The van der Waals surface area contributed by atoms with Crippen LogP contribution in [0.25, 0.3) is 5.57 Å². The summed E-state index contributed by atoms with van der Waals surface area (Å²) in [7, 11) is 5.48. The second-order valence-electron chi connectivity index (χ2n) is 8.25. The summed E-state index contributed by atoms with van der Waals surface area (Å²) in [6.45, 7) is 3.88. The molecule has 0 fully saturated rings. The van der Waals surface area contributed by atoms with Gasteiger partial charge >= 0.3 is 0 Å². The van der Waals surface area contributed by atoms with Gasteiger partial charge in [0.2, 0.25) is 0 Å². The maximum absolute atomic E-state index is 13.7. The number of aryl methyl sites for hydroxylation is 2. The molecule has 4 rings (SSSR count). The molecule has 3 aromatic carbocycles. The first kappa shape index (κ1) is 22.1. The maximum atomic E-state index is 13.7. The lowest BCUT2D eigenvalue weighted by Crippen LogP contribution is -2.33. The zero-order chi connectivity index (χ0) is 23.7. The second-order valence-corrected chi connectivity index (χ2v) is 8.25. The van der Waals surface area contributed by atoms with Crippen molar-refractivity contribution in [2.24, 2.45) is 0 Å². The second kappa shape index (κ2) is 8.82. The summed E-state index contributed by atoms with van der Waals surface area (Å²) in [4.78, 5) is 30.6. The molecule has 0 aromatic heterocycles. The highest BCUT2D eigenvalue weighted by Crippen LogP contribution is 2.38. The zero-order valence-corrected chi connectivity index (χ0v) is 19.5. The van der Waals surface area contributed by atoms with E-state index in [-0.39, 0.29) is 17.2 Å². The number of carbonyl (C=O) groups is 2. The number of hydrogen-bond donors (Lipinski definition) is 1. The minimum Gasteiger partial charge on any atom is -0.496 e. The van der Waals surface area contributed by atoms with E-state index in [4.69, 9.17) is 4.74 Å². The summed E-state index contributed by atoms with van der Waals surface area (Å²) in [6, 6.07) is 20.6. The van der Waals surface area contributed by atoms with Gasteiger partial charge < -0.3 is 15.0 Å². The number of amides is 2. The van der Waals surface area contributed by atoms with Crippen LogP contribution in [0.1, 0.15) is 16.7 Å². The predicted molar refractivity (Wildman–Crippen MR) is 133 cm³/mol. The molecule has 1 heterocycles. The number of carbonyl (C=O) groups excluding carboxylic acids is 2. The van der Waals surface area contributed by atoms with Crippen LogP contribution in [0, 0.1) is 13.8 Å². The number of para-hydroxylation sites is 1. The van der Waals surface area contributed by atoms with E-state index in [1.807, 2.05) is 87.4 Å². The van der Waals surface area contributed by atoms with Crippen LogP contribution in [0.4, 0.5) is 17.1 Å². The van der Waals surface area contributed by atoms with Gasteiger partial charge in [0, 0.05) is 31.0 Å². The molecule has 0 saturated heterocycles. The van der Waals surface area contributed by atoms with Crippen molar-refractivity contribution in [1.82, 2.24) is 0 Å². The minimum absolute atomic E-state index is 0.224. The summed E-state index contributed by atoms with van der Waals surface area (Å²) < 4.78 is 5.51. The molecule has 0 saturated carbocycles. The third kappa shape index (κ3) is 4.07. The lowest BCUT2D eigenvalue weighted by Gasteiger charge is -2.18. The summed E-state index contributed by atoms with van der Waals surface area (Å²) in [5, 5.41) is 3.21. The van der Waals surface area contributed by atoms with Gasteiger partial charge in [0.15, 0.2) is 0 Å². The minimum atomic E-state index is -0.399. The van der Waals surface area contributed by atoms with Gasteiger partial charge in [-0.1, -0.05) is 35.9 Å². The Kier molecular flexibility index (Phi) is 5.92. The molecule has 2 amide bonds. The van der Waals surface area contributed by atoms with Crippen molar-refractivity contribution in [3.63, 3.8) is 0 Å². The smallest absolute Gasteiger partial charge is 0.282 e. The summed E-state index contributed by atoms with van der Waals surface area (Å²) in [6.07, 6.45) is 0. The largest absolute Gasteiger partial charge is 0.496 e. The quantitative estimate of drug-likeness (QED) is 0.558. The van der Waals surface area contributed by atoms with E-state index >= 15 is 0 Å². The van der Waals surface area contributed by atoms with E-state index in [0.29, 0.717) is 22.7 Å². The topological polar surface area (TPSA) is 61.9 Å². The standard InChI is InChI=1S/C27H27N3O3/c1-17-10-15-22(18(2)16-17)30-26(31)24(21-8-6-7-9-23(21)33-5)25(27(30)32)28-19-11-13-20(14-12-19)29(3)4/h6-16,28H,1-5H3. The lowest BCUT2D eigenvalue weighted by atomic mass is 10.0. The summed E-state index contributed by atoms with van der Waals surface area (Å²) >= 11 is 0. The molecule has 0 spiro atoms. The van der Waals surface area contributed by atoms with Crippen molar-refractivity contribution in [3.8, 4) is 5.75 Å². The Bertz CT molecular complexity index is 1260. The van der Waals surface area contributed by atoms with Gasteiger partial charge in [-0.3, -0.25) is 9.59 Å². The number of anilines is 3. The fraction of sp³-hybridized carbons (Fsp3) is 0.185. The summed E-state index contributed by atoms with van der Waals surface area (Å²) in [5.41, 5.74) is 5.31. The van der Waals surface area contributed by atoms with Gasteiger partial charge in [-0.15, -0.1) is 0 Å². The molecule has 0 unspecified atom stereocenters. The molecule has 33 heavy (non-hydrogen) atoms. The van der Waals surface area contributed by atoms with Crippen molar-refractivity contribution in [2.45, 2.75) is 13.8 Å². The number of methoxy groups -OCH3 is 1. The van der Waals surface area contributed by atoms with Crippen molar-refractivity contribution in [3.05, 3.63) is 89.1 Å². The molecule has 0 atom stereocenters. The molecule has 0 bridgehead atoms. The first-order valence-corrected chi connectivity index (χ1v) is 10.7. The van der Waals surface area contributed by atoms with Crippen LogP contribution in [0.2, 0.25) is 0 Å². The third-order valence-electron chi connectivity index (χ3n) is 5.71. The van der Waals surface area contributed by atoms with Crippen LogP contribution in [0.15, 0.2) is 72.4 Å². The number of nitrogens with one attached hydrogen (secondary N) is 1. The van der Waals surface area contributed by atoms with Gasteiger partial charge in [-0.25, -0.2) is 4.90 Å². The Morgan fingerprint density at radius 2 is 1.58 bits per heavy atom. The summed E-state index contributed by atoms with van der Waals surface area (Å²) in [5.74, 6) is -0.258. The lowest BCUT2D eigenvalue weighted by molar-refractivity contribution is -0.120. The van der Waals surface area contributed by atoms with E-state index in [2.05, 4.69) is 5.32 Å². The maximum Gasteiger partial charge on any atom is 0.282 e. The third-order valence-corrected chi connectivity index (χ3v) is 5.71. The number of imide groups is 1. The first-order chi connectivity index (χ1) is 15.8.